The van der Waals surface area contributed by atoms with Gasteiger partial charge in [0, 0.05) is 31.6 Å². The summed E-state index contributed by atoms with van der Waals surface area (Å²) in [7, 11) is 0. The van der Waals surface area contributed by atoms with E-state index in [1.54, 1.807) is 0 Å². The number of halogens is 1. The van der Waals surface area contributed by atoms with E-state index in [1.165, 1.54) is 0 Å². The summed E-state index contributed by atoms with van der Waals surface area (Å²) < 4.78 is 0. The van der Waals surface area contributed by atoms with E-state index in [-0.39, 0.29) is 36.3 Å². The molecular weight excluding hydrogens is 242 g/mol. The molecule has 0 aromatic heterocycles. The number of amides is 2. The zero-order chi connectivity index (χ0) is 11.7. The number of rotatable bonds is 1. The molecule has 0 radical (unpaired) electrons. The number of piperazine rings is 1. The van der Waals surface area contributed by atoms with Crippen LogP contribution in [0.3, 0.4) is 0 Å². The SMILES string of the molecule is CC1CN(C(=O)C2CCC(=O)N2)C(C)CN1.Cl. The summed E-state index contributed by atoms with van der Waals surface area (Å²) in [6, 6.07) is 0.249. The molecular formula is C11H20ClN3O2. The Bertz CT molecular complexity index is 311. The predicted molar refractivity (Wildman–Crippen MR) is 67.1 cm³/mol. The molecule has 0 spiro atoms. The lowest BCUT2D eigenvalue weighted by Gasteiger charge is -2.38. The minimum absolute atomic E-state index is 0. The second kappa shape index (κ2) is 5.69. The number of carbonyl (C=O) groups excluding carboxylic acids is 2. The minimum Gasteiger partial charge on any atom is -0.344 e. The molecule has 0 bridgehead atoms. The molecule has 3 atom stereocenters. The van der Waals surface area contributed by atoms with Crippen LogP contribution in [-0.4, -0.2) is 47.9 Å². The van der Waals surface area contributed by atoms with Gasteiger partial charge >= 0.3 is 0 Å². The average molecular weight is 262 g/mol. The van der Waals surface area contributed by atoms with Crippen LogP contribution < -0.4 is 10.6 Å². The van der Waals surface area contributed by atoms with E-state index in [0.717, 1.165) is 13.1 Å². The summed E-state index contributed by atoms with van der Waals surface area (Å²) in [5.74, 6) is 0.0703. The van der Waals surface area contributed by atoms with Gasteiger partial charge in [0.25, 0.3) is 0 Å². The van der Waals surface area contributed by atoms with E-state index in [0.29, 0.717) is 18.9 Å². The van der Waals surface area contributed by atoms with Gasteiger partial charge in [-0.15, -0.1) is 12.4 Å². The van der Waals surface area contributed by atoms with Gasteiger partial charge in [-0.1, -0.05) is 0 Å². The van der Waals surface area contributed by atoms with Crippen molar-refractivity contribution in [3.63, 3.8) is 0 Å². The monoisotopic (exact) mass is 261 g/mol. The smallest absolute Gasteiger partial charge is 0.245 e. The Morgan fingerprint density at radius 2 is 2.12 bits per heavy atom. The largest absolute Gasteiger partial charge is 0.344 e. The fraction of sp³-hybridized carbons (Fsp3) is 0.818. The highest BCUT2D eigenvalue weighted by atomic mass is 35.5. The molecule has 2 saturated heterocycles. The van der Waals surface area contributed by atoms with Crippen molar-refractivity contribution in [2.24, 2.45) is 0 Å². The van der Waals surface area contributed by atoms with Crippen LogP contribution >= 0.6 is 12.4 Å². The summed E-state index contributed by atoms with van der Waals surface area (Å²) in [5.41, 5.74) is 0. The summed E-state index contributed by atoms with van der Waals surface area (Å²) in [6.07, 6.45) is 1.12. The molecule has 0 saturated carbocycles. The Labute approximate surface area is 108 Å². The standard InChI is InChI=1S/C11H19N3O2.ClH/c1-7-6-14(8(2)5-12-7)11(16)9-3-4-10(15)13-9;/h7-9,12H,3-6H2,1-2H3,(H,13,15);1H. The van der Waals surface area contributed by atoms with Gasteiger partial charge in [0.15, 0.2) is 0 Å². The van der Waals surface area contributed by atoms with Gasteiger partial charge in [0.2, 0.25) is 11.8 Å². The van der Waals surface area contributed by atoms with Crippen LogP contribution in [0.4, 0.5) is 0 Å². The summed E-state index contributed by atoms with van der Waals surface area (Å²) >= 11 is 0. The lowest BCUT2D eigenvalue weighted by atomic mass is 10.1. The van der Waals surface area contributed by atoms with Gasteiger partial charge in [-0.05, 0) is 20.3 Å². The minimum atomic E-state index is -0.291. The van der Waals surface area contributed by atoms with E-state index in [9.17, 15) is 9.59 Å². The fourth-order valence-corrected chi connectivity index (χ4v) is 2.33. The third-order valence-electron chi connectivity index (χ3n) is 3.34. The van der Waals surface area contributed by atoms with Crippen LogP contribution in [-0.2, 0) is 9.59 Å². The van der Waals surface area contributed by atoms with Crippen LogP contribution in [0.25, 0.3) is 0 Å². The summed E-state index contributed by atoms with van der Waals surface area (Å²) in [5, 5.41) is 6.07. The maximum atomic E-state index is 12.2. The van der Waals surface area contributed by atoms with Gasteiger partial charge in [-0.2, -0.15) is 0 Å². The maximum absolute atomic E-state index is 12.2. The number of hydrogen-bond acceptors (Lipinski definition) is 3. The van der Waals surface area contributed by atoms with Crippen molar-refractivity contribution in [3.05, 3.63) is 0 Å². The molecule has 6 heteroatoms. The molecule has 98 valence electrons. The van der Waals surface area contributed by atoms with Crippen molar-refractivity contribution in [1.82, 2.24) is 15.5 Å². The highest BCUT2D eigenvalue weighted by molar-refractivity contribution is 5.91. The van der Waals surface area contributed by atoms with Crippen molar-refractivity contribution >= 4 is 24.2 Å². The van der Waals surface area contributed by atoms with Gasteiger partial charge in [0.05, 0.1) is 0 Å². The number of hydrogen-bond donors (Lipinski definition) is 2. The van der Waals surface area contributed by atoms with Crippen molar-refractivity contribution in [3.8, 4) is 0 Å². The lowest BCUT2D eigenvalue weighted by molar-refractivity contribution is -0.137. The topological polar surface area (TPSA) is 61.4 Å². The van der Waals surface area contributed by atoms with Gasteiger partial charge in [0.1, 0.15) is 6.04 Å². The highest BCUT2D eigenvalue weighted by Crippen LogP contribution is 2.14. The van der Waals surface area contributed by atoms with Crippen molar-refractivity contribution < 1.29 is 9.59 Å². The first-order chi connectivity index (χ1) is 7.58. The lowest BCUT2D eigenvalue weighted by Crippen LogP contribution is -2.59. The molecule has 2 rings (SSSR count). The molecule has 2 N–H and O–H groups in total. The second-order valence-corrected chi connectivity index (χ2v) is 4.81. The molecule has 5 nitrogen and oxygen atoms in total. The molecule has 2 fully saturated rings. The normalized spacial score (nSPS) is 32.9. The van der Waals surface area contributed by atoms with Gasteiger partial charge < -0.3 is 15.5 Å². The first-order valence-corrected chi connectivity index (χ1v) is 5.91. The third kappa shape index (κ3) is 3.10. The fourth-order valence-electron chi connectivity index (χ4n) is 2.33. The zero-order valence-corrected chi connectivity index (χ0v) is 11.0. The molecule has 2 heterocycles. The highest BCUT2D eigenvalue weighted by Gasteiger charge is 2.34. The summed E-state index contributed by atoms with van der Waals surface area (Å²) in [6.45, 7) is 5.66. The molecule has 3 unspecified atom stereocenters. The van der Waals surface area contributed by atoms with Crippen molar-refractivity contribution in [2.45, 2.75) is 44.8 Å². The van der Waals surface area contributed by atoms with E-state index in [2.05, 4.69) is 17.6 Å². The Balaban J connectivity index is 0.00000144. The molecule has 2 amide bonds. The predicted octanol–water partition coefficient (Wildman–Crippen LogP) is -0.104. The summed E-state index contributed by atoms with van der Waals surface area (Å²) in [4.78, 5) is 25.2. The number of carbonyl (C=O) groups is 2. The maximum Gasteiger partial charge on any atom is 0.245 e. The first-order valence-electron chi connectivity index (χ1n) is 5.91. The third-order valence-corrected chi connectivity index (χ3v) is 3.34. The molecule has 0 aliphatic carbocycles. The Morgan fingerprint density at radius 3 is 2.71 bits per heavy atom. The molecule has 2 aliphatic rings. The second-order valence-electron chi connectivity index (χ2n) is 4.81. The molecule has 0 aromatic rings. The van der Waals surface area contributed by atoms with E-state index in [1.807, 2.05) is 11.8 Å². The Hall–Kier alpha value is -0.810. The Morgan fingerprint density at radius 1 is 1.41 bits per heavy atom. The average Bonchev–Trinajstić information content (AvgIpc) is 2.67. The molecule has 17 heavy (non-hydrogen) atoms. The van der Waals surface area contributed by atoms with E-state index in [4.69, 9.17) is 0 Å². The first kappa shape index (κ1) is 14.3. The van der Waals surface area contributed by atoms with Crippen molar-refractivity contribution in [2.75, 3.05) is 13.1 Å². The zero-order valence-electron chi connectivity index (χ0n) is 10.2. The number of nitrogens with zero attached hydrogens (tertiary/aromatic N) is 1. The molecule has 2 aliphatic heterocycles. The van der Waals surface area contributed by atoms with Crippen LogP contribution in [0.2, 0.25) is 0 Å². The molecule has 0 aromatic carbocycles. The van der Waals surface area contributed by atoms with Crippen molar-refractivity contribution in [1.29, 1.82) is 0 Å². The number of nitrogens with one attached hydrogen (secondary N) is 2. The van der Waals surface area contributed by atoms with Crippen LogP contribution in [0.15, 0.2) is 0 Å². The van der Waals surface area contributed by atoms with E-state index >= 15 is 0 Å². The van der Waals surface area contributed by atoms with Gasteiger partial charge in [-0.25, -0.2) is 0 Å². The van der Waals surface area contributed by atoms with E-state index < -0.39 is 0 Å². The van der Waals surface area contributed by atoms with Crippen LogP contribution in [0.1, 0.15) is 26.7 Å². The quantitative estimate of drug-likeness (QED) is 0.693. The van der Waals surface area contributed by atoms with Crippen LogP contribution in [0.5, 0.6) is 0 Å². The van der Waals surface area contributed by atoms with Gasteiger partial charge in [-0.3, -0.25) is 9.59 Å². The Kier molecular flexibility index (Phi) is 4.77. The van der Waals surface area contributed by atoms with Crippen LogP contribution in [0, 0.1) is 0 Å².